The van der Waals surface area contributed by atoms with Crippen LogP contribution in [-0.4, -0.2) is 61.6 Å². The Bertz CT molecular complexity index is 1230. The van der Waals surface area contributed by atoms with E-state index in [4.69, 9.17) is 4.42 Å². The van der Waals surface area contributed by atoms with E-state index in [9.17, 15) is 9.90 Å². The number of fused-ring (bicyclic) bond motifs is 1. The molecule has 1 aliphatic heterocycles. The van der Waals surface area contributed by atoms with Crippen molar-refractivity contribution in [3.05, 3.63) is 57.6 Å². The van der Waals surface area contributed by atoms with Gasteiger partial charge in [-0.2, -0.15) is 9.50 Å². The summed E-state index contributed by atoms with van der Waals surface area (Å²) in [6.07, 6.45) is 1.57. The number of carbonyl (C=O) groups excluding carboxylic acids is 1. The first-order valence-electron chi connectivity index (χ1n) is 9.88. The molecule has 0 bridgehead atoms. The Morgan fingerprint density at radius 2 is 2.03 bits per heavy atom. The highest BCUT2D eigenvalue weighted by Gasteiger charge is 2.32. The smallest absolute Gasteiger partial charge is 0.230 e. The summed E-state index contributed by atoms with van der Waals surface area (Å²) in [4.78, 5) is 21.8. The van der Waals surface area contributed by atoms with Crippen molar-refractivity contribution in [2.75, 3.05) is 26.2 Å². The van der Waals surface area contributed by atoms with Crippen LogP contribution in [0.5, 0.6) is 5.88 Å². The first kappa shape index (κ1) is 20.2. The standard InChI is InChI=1S/C21H20BrN5O3S/c1-13(28)25-7-9-26(10-8-25)17(14-4-2-5-15(22)12-14)18-20(29)27-21(31-18)23-19(24-27)16-6-3-11-30-16/h2-6,11-12,17,29H,7-10H2,1H3/t17-/m1/s1. The van der Waals surface area contributed by atoms with E-state index in [2.05, 4.69) is 43.0 Å². The van der Waals surface area contributed by atoms with Crippen LogP contribution in [0.1, 0.15) is 23.4 Å². The van der Waals surface area contributed by atoms with E-state index < -0.39 is 0 Å². The van der Waals surface area contributed by atoms with Crippen molar-refractivity contribution in [3.63, 3.8) is 0 Å². The van der Waals surface area contributed by atoms with Gasteiger partial charge in [0.25, 0.3) is 0 Å². The fourth-order valence-electron chi connectivity index (χ4n) is 3.94. The maximum absolute atomic E-state index is 11.8. The summed E-state index contributed by atoms with van der Waals surface area (Å²) < 4.78 is 7.82. The van der Waals surface area contributed by atoms with Gasteiger partial charge in [-0.3, -0.25) is 9.69 Å². The summed E-state index contributed by atoms with van der Waals surface area (Å²) in [5.41, 5.74) is 1.05. The second-order valence-corrected chi connectivity index (χ2v) is 9.32. The van der Waals surface area contributed by atoms with Gasteiger partial charge in [0, 0.05) is 37.6 Å². The predicted molar refractivity (Wildman–Crippen MR) is 120 cm³/mol. The molecule has 1 aromatic carbocycles. The molecule has 8 nitrogen and oxygen atoms in total. The van der Waals surface area contributed by atoms with Crippen molar-refractivity contribution in [2.45, 2.75) is 13.0 Å². The molecular formula is C21H20BrN5O3S. The lowest BCUT2D eigenvalue weighted by Crippen LogP contribution is -2.49. The van der Waals surface area contributed by atoms with Crippen molar-refractivity contribution in [2.24, 2.45) is 0 Å². The Hall–Kier alpha value is -2.69. The van der Waals surface area contributed by atoms with Gasteiger partial charge in [0.05, 0.1) is 17.2 Å². The number of amides is 1. The molecule has 4 heterocycles. The van der Waals surface area contributed by atoms with Gasteiger partial charge in [-0.05, 0) is 29.8 Å². The molecule has 3 aromatic heterocycles. The summed E-state index contributed by atoms with van der Waals surface area (Å²) >= 11 is 4.97. The van der Waals surface area contributed by atoms with Gasteiger partial charge < -0.3 is 14.4 Å². The number of halogens is 1. The molecule has 5 rings (SSSR count). The first-order chi connectivity index (χ1) is 15.0. The highest BCUT2D eigenvalue weighted by atomic mass is 79.9. The third kappa shape index (κ3) is 3.75. The van der Waals surface area contributed by atoms with Crippen LogP contribution in [0.3, 0.4) is 0 Å². The number of hydrogen-bond donors (Lipinski definition) is 1. The highest BCUT2D eigenvalue weighted by Crippen LogP contribution is 2.41. The second-order valence-electron chi connectivity index (χ2n) is 7.40. The minimum atomic E-state index is -0.174. The highest BCUT2D eigenvalue weighted by molar-refractivity contribution is 9.10. The van der Waals surface area contributed by atoms with Crippen LogP contribution in [0.25, 0.3) is 16.5 Å². The molecule has 0 spiro atoms. The zero-order valence-corrected chi connectivity index (χ0v) is 19.1. The van der Waals surface area contributed by atoms with Crippen LogP contribution in [0.2, 0.25) is 0 Å². The van der Waals surface area contributed by atoms with Gasteiger partial charge in [-0.15, -0.1) is 5.10 Å². The van der Waals surface area contributed by atoms with Crippen LogP contribution in [0.15, 0.2) is 51.6 Å². The summed E-state index contributed by atoms with van der Waals surface area (Å²) in [6, 6.07) is 11.5. The number of carbonyl (C=O) groups is 1. The number of aromatic nitrogens is 3. The van der Waals surface area contributed by atoms with Crippen LogP contribution in [0.4, 0.5) is 0 Å². The molecule has 31 heavy (non-hydrogen) atoms. The molecule has 1 N–H and O–H groups in total. The largest absolute Gasteiger partial charge is 0.492 e. The molecule has 0 unspecified atom stereocenters. The zero-order chi connectivity index (χ0) is 21.5. The van der Waals surface area contributed by atoms with Crippen molar-refractivity contribution < 1.29 is 14.3 Å². The lowest BCUT2D eigenvalue weighted by Gasteiger charge is -2.38. The van der Waals surface area contributed by atoms with Crippen LogP contribution in [-0.2, 0) is 4.79 Å². The van der Waals surface area contributed by atoms with Crippen molar-refractivity contribution >= 4 is 38.1 Å². The lowest BCUT2D eigenvalue weighted by atomic mass is 10.0. The van der Waals surface area contributed by atoms with E-state index in [0.717, 1.165) is 14.9 Å². The van der Waals surface area contributed by atoms with E-state index in [1.54, 1.807) is 25.3 Å². The molecule has 1 amide bonds. The summed E-state index contributed by atoms with van der Waals surface area (Å²) in [7, 11) is 0. The molecule has 160 valence electrons. The maximum atomic E-state index is 11.8. The van der Waals surface area contributed by atoms with Gasteiger partial charge in [-0.1, -0.05) is 39.4 Å². The molecule has 10 heteroatoms. The number of nitrogens with zero attached hydrogens (tertiary/aromatic N) is 5. The number of piperazine rings is 1. The van der Waals surface area contributed by atoms with Gasteiger partial charge in [0.15, 0.2) is 5.76 Å². The van der Waals surface area contributed by atoms with Crippen molar-refractivity contribution in [1.82, 2.24) is 24.4 Å². The first-order valence-corrected chi connectivity index (χ1v) is 11.5. The summed E-state index contributed by atoms with van der Waals surface area (Å²) in [5.74, 6) is 1.16. The minimum Gasteiger partial charge on any atom is -0.492 e. The van der Waals surface area contributed by atoms with Gasteiger partial charge in [0.2, 0.25) is 22.6 Å². The summed E-state index contributed by atoms with van der Waals surface area (Å²) in [5, 5.41) is 15.6. The molecule has 1 aliphatic rings. The Balaban J connectivity index is 1.55. The molecule has 1 fully saturated rings. The summed E-state index contributed by atoms with van der Waals surface area (Å²) in [6.45, 7) is 4.33. The van der Waals surface area contributed by atoms with Crippen molar-refractivity contribution in [3.8, 4) is 17.5 Å². The van der Waals surface area contributed by atoms with Crippen molar-refractivity contribution in [1.29, 1.82) is 0 Å². The molecule has 0 aliphatic carbocycles. The molecule has 0 radical (unpaired) electrons. The average molecular weight is 502 g/mol. The number of rotatable bonds is 4. The van der Waals surface area contributed by atoms with Crippen LogP contribution < -0.4 is 0 Å². The average Bonchev–Trinajstić information content (AvgIpc) is 3.48. The van der Waals surface area contributed by atoms with Gasteiger partial charge in [0.1, 0.15) is 0 Å². The van der Waals surface area contributed by atoms with Crippen LogP contribution in [0, 0.1) is 0 Å². The fraction of sp³-hybridized carbons (Fsp3) is 0.286. The second kappa shape index (κ2) is 8.10. The monoisotopic (exact) mass is 501 g/mol. The quantitative estimate of drug-likeness (QED) is 0.457. The third-order valence-corrected chi connectivity index (χ3v) is 7.04. The molecular weight excluding hydrogens is 482 g/mol. The topological polar surface area (TPSA) is 87.1 Å². The molecule has 0 saturated carbocycles. The van der Waals surface area contributed by atoms with Crippen LogP contribution >= 0.6 is 27.3 Å². The lowest BCUT2D eigenvalue weighted by molar-refractivity contribution is -0.130. The number of furan rings is 1. The normalized spacial score (nSPS) is 16.1. The molecule has 4 aromatic rings. The SMILES string of the molecule is CC(=O)N1CCN([C@H](c2cccc(Br)c2)c2sc3nc(-c4ccco4)nn3c2O)CC1. The molecule has 1 atom stereocenters. The Kier molecular flexibility index (Phi) is 5.28. The third-order valence-electron chi connectivity index (χ3n) is 5.48. The number of aromatic hydroxyl groups is 1. The van der Waals surface area contributed by atoms with Gasteiger partial charge in [-0.25, -0.2) is 0 Å². The maximum Gasteiger partial charge on any atom is 0.230 e. The Morgan fingerprint density at radius 3 is 2.68 bits per heavy atom. The predicted octanol–water partition coefficient (Wildman–Crippen LogP) is 3.77. The number of hydrogen-bond acceptors (Lipinski definition) is 7. The zero-order valence-electron chi connectivity index (χ0n) is 16.7. The molecule has 1 saturated heterocycles. The van der Waals surface area contributed by atoms with E-state index in [0.29, 0.717) is 42.7 Å². The van der Waals surface area contributed by atoms with E-state index in [-0.39, 0.29) is 17.8 Å². The van der Waals surface area contributed by atoms with Gasteiger partial charge >= 0.3 is 0 Å². The number of thiazole rings is 1. The fourth-order valence-corrected chi connectivity index (χ4v) is 5.47. The Labute approximate surface area is 190 Å². The van der Waals surface area contributed by atoms with E-state index in [1.165, 1.54) is 15.9 Å². The van der Waals surface area contributed by atoms with E-state index >= 15 is 0 Å². The minimum absolute atomic E-state index is 0.0734. The Morgan fingerprint density at radius 1 is 1.23 bits per heavy atom. The number of benzene rings is 1. The van der Waals surface area contributed by atoms with E-state index in [1.807, 2.05) is 17.0 Å².